The lowest BCUT2D eigenvalue weighted by Gasteiger charge is -2.26. The summed E-state index contributed by atoms with van der Waals surface area (Å²) in [4.78, 5) is 28.9. The molecule has 1 N–H and O–H groups in total. The van der Waals surface area contributed by atoms with Crippen molar-refractivity contribution >= 4 is 27.8 Å². The number of nitrogens with zero attached hydrogens (tertiary/aromatic N) is 3. The molecule has 2 saturated heterocycles. The minimum Gasteiger partial charge on any atom is -0.448 e. The van der Waals surface area contributed by atoms with Crippen molar-refractivity contribution in [1.29, 1.82) is 0 Å². The van der Waals surface area contributed by atoms with Gasteiger partial charge < -0.3 is 14.8 Å². The number of ether oxygens (including phenoxy) is 2. The molecule has 0 saturated carbocycles. The lowest BCUT2D eigenvalue weighted by atomic mass is 10.1. The molecule has 2 fully saturated rings. The van der Waals surface area contributed by atoms with Gasteiger partial charge in [0, 0.05) is 26.2 Å². The minimum absolute atomic E-state index is 0.0177. The van der Waals surface area contributed by atoms with Crippen molar-refractivity contribution in [3.8, 4) is 0 Å². The van der Waals surface area contributed by atoms with Crippen molar-refractivity contribution in [2.24, 2.45) is 0 Å². The van der Waals surface area contributed by atoms with E-state index in [1.807, 2.05) is 30.3 Å². The summed E-state index contributed by atoms with van der Waals surface area (Å²) in [7, 11) is -4.04. The Kier molecular flexibility index (Phi) is 6.63. The van der Waals surface area contributed by atoms with E-state index < -0.39 is 28.2 Å². The Bertz CT molecular complexity index is 1200. The third-order valence-electron chi connectivity index (χ3n) is 6.57. The second kappa shape index (κ2) is 9.84. The van der Waals surface area contributed by atoms with Crippen molar-refractivity contribution in [2.45, 2.75) is 17.4 Å². The van der Waals surface area contributed by atoms with Crippen molar-refractivity contribution in [2.75, 3.05) is 57.4 Å². The highest BCUT2D eigenvalue weighted by molar-refractivity contribution is 7.89. The number of benzene rings is 2. The molecule has 10 nitrogen and oxygen atoms in total. The first-order chi connectivity index (χ1) is 16.9. The summed E-state index contributed by atoms with van der Waals surface area (Å²) in [6.45, 7) is 4.37. The molecule has 0 radical (unpaired) electrons. The fraction of sp³-hybridized carbons (Fsp3) is 0.417. The molecule has 0 bridgehead atoms. The summed E-state index contributed by atoms with van der Waals surface area (Å²) in [5, 5.41) is 2.74. The van der Waals surface area contributed by atoms with E-state index in [4.69, 9.17) is 9.47 Å². The van der Waals surface area contributed by atoms with E-state index in [9.17, 15) is 18.0 Å². The number of urea groups is 1. The van der Waals surface area contributed by atoms with E-state index in [1.54, 1.807) is 12.1 Å². The van der Waals surface area contributed by atoms with Gasteiger partial charge in [-0.1, -0.05) is 30.3 Å². The number of rotatable bonds is 6. The number of anilines is 1. The van der Waals surface area contributed by atoms with Crippen LogP contribution in [0.5, 0.6) is 0 Å². The van der Waals surface area contributed by atoms with Crippen LogP contribution in [0.25, 0.3) is 0 Å². The molecule has 0 spiro atoms. The van der Waals surface area contributed by atoms with Gasteiger partial charge in [-0.15, -0.1) is 0 Å². The molecular formula is C24H28N4O6S. The number of nitrogens with one attached hydrogen (secondary N) is 1. The maximum Gasteiger partial charge on any atom is 0.414 e. The first kappa shape index (κ1) is 23.6. The van der Waals surface area contributed by atoms with Gasteiger partial charge in [0.1, 0.15) is 6.61 Å². The fourth-order valence-electron chi connectivity index (χ4n) is 4.62. The fourth-order valence-corrected chi connectivity index (χ4v) is 6.02. The number of hydrogen-bond donors (Lipinski definition) is 1. The Morgan fingerprint density at radius 1 is 1.09 bits per heavy atom. The van der Waals surface area contributed by atoms with Crippen LogP contribution in [0, 0.1) is 0 Å². The lowest BCUT2D eigenvalue weighted by molar-refractivity contribution is 0.0286. The van der Waals surface area contributed by atoms with Crippen LogP contribution in [0.2, 0.25) is 0 Å². The molecule has 3 heterocycles. The van der Waals surface area contributed by atoms with Crippen LogP contribution in [0.15, 0.2) is 53.4 Å². The highest BCUT2D eigenvalue weighted by Gasteiger charge is 2.39. The molecule has 0 aliphatic carbocycles. The van der Waals surface area contributed by atoms with Crippen molar-refractivity contribution < 1.29 is 27.5 Å². The van der Waals surface area contributed by atoms with E-state index in [2.05, 4.69) is 10.2 Å². The number of carbonyl (C=O) groups excluding carboxylic acids is 2. The van der Waals surface area contributed by atoms with E-state index in [0.29, 0.717) is 38.4 Å². The number of amides is 3. The van der Waals surface area contributed by atoms with Gasteiger partial charge in [-0.25, -0.2) is 22.3 Å². The van der Waals surface area contributed by atoms with Gasteiger partial charge in [-0.05, 0) is 35.7 Å². The first-order valence-electron chi connectivity index (χ1n) is 11.7. The molecular weight excluding hydrogens is 472 g/mol. The quantitative estimate of drug-likeness (QED) is 0.646. The second-order valence-corrected chi connectivity index (χ2v) is 10.6. The summed E-state index contributed by atoms with van der Waals surface area (Å²) in [6.07, 6.45) is 0.0630. The van der Waals surface area contributed by atoms with E-state index >= 15 is 0 Å². The maximum absolute atomic E-state index is 13.3. The van der Waals surface area contributed by atoms with Gasteiger partial charge in [0.25, 0.3) is 10.0 Å². The Labute approximate surface area is 204 Å². The molecule has 3 amide bonds. The minimum atomic E-state index is -4.04. The van der Waals surface area contributed by atoms with Crippen molar-refractivity contribution in [1.82, 2.24) is 14.5 Å². The average molecular weight is 501 g/mol. The van der Waals surface area contributed by atoms with Gasteiger partial charge in [0.2, 0.25) is 0 Å². The van der Waals surface area contributed by atoms with Crippen LogP contribution in [0.4, 0.5) is 15.3 Å². The zero-order valence-electron chi connectivity index (χ0n) is 19.3. The first-order valence-corrected chi connectivity index (χ1v) is 13.1. The monoisotopic (exact) mass is 500 g/mol. The van der Waals surface area contributed by atoms with E-state index in [0.717, 1.165) is 28.5 Å². The molecule has 0 unspecified atom stereocenters. The van der Waals surface area contributed by atoms with Crippen molar-refractivity contribution in [3.05, 3.63) is 59.7 Å². The Morgan fingerprint density at radius 2 is 1.86 bits per heavy atom. The van der Waals surface area contributed by atoms with Gasteiger partial charge in [-0.3, -0.25) is 9.80 Å². The smallest absolute Gasteiger partial charge is 0.414 e. The normalized spacial score (nSPS) is 20.6. The molecule has 3 aliphatic rings. The predicted octanol–water partition coefficient (Wildman–Crippen LogP) is 1.97. The van der Waals surface area contributed by atoms with Crippen LogP contribution in [0.3, 0.4) is 0 Å². The average Bonchev–Trinajstić information content (AvgIpc) is 3.49. The molecule has 2 aromatic carbocycles. The van der Waals surface area contributed by atoms with Crippen LogP contribution >= 0.6 is 0 Å². The Hall–Kier alpha value is -3.15. The maximum atomic E-state index is 13.3. The van der Waals surface area contributed by atoms with Crippen LogP contribution in [-0.4, -0.2) is 82.3 Å². The van der Waals surface area contributed by atoms with Crippen LogP contribution in [-0.2, 0) is 25.9 Å². The SMILES string of the molecule is O=C(OCCN1CCOCC1)N1CCc2cc(S(=O)(=O)N3C[C@H](c4ccccc4)NC3=O)ccc21. The summed E-state index contributed by atoms with van der Waals surface area (Å²) < 4.78 is 38.2. The number of fused-ring (bicyclic) bond motifs is 1. The molecule has 186 valence electrons. The van der Waals surface area contributed by atoms with Gasteiger partial charge in [0.15, 0.2) is 0 Å². The number of sulfonamides is 1. The Balaban J connectivity index is 1.24. The zero-order valence-corrected chi connectivity index (χ0v) is 20.1. The standard InChI is InChI=1S/C24H28N4O6S/c29-23-25-21(18-4-2-1-3-5-18)17-28(23)35(31,32)20-6-7-22-19(16-20)8-9-27(22)24(30)34-15-12-26-10-13-33-14-11-26/h1-7,16,21H,8-15,17H2,(H,25,29)/t21-/m1/s1. The highest BCUT2D eigenvalue weighted by Crippen LogP contribution is 2.33. The third-order valence-corrected chi connectivity index (χ3v) is 8.31. The summed E-state index contributed by atoms with van der Waals surface area (Å²) in [5.74, 6) is 0. The molecule has 11 heteroatoms. The van der Waals surface area contributed by atoms with Crippen LogP contribution in [0.1, 0.15) is 17.2 Å². The van der Waals surface area contributed by atoms with Gasteiger partial charge in [0.05, 0.1) is 36.4 Å². The van der Waals surface area contributed by atoms with Gasteiger partial charge in [-0.2, -0.15) is 0 Å². The van der Waals surface area contributed by atoms with Gasteiger partial charge >= 0.3 is 12.1 Å². The number of morpholine rings is 1. The van der Waals surface area contributed by atoms with E-state index in [1.165, 1.54) is 11.0 Å². The highest BCUT2D eigenvalue weighted by atomic mass is 32.2. The number of hydrogen-bond acceptors (Lipinski definition) is 7. The molecule has 35 heavy (non-hydrogen) atoms. The molecule has 5 rings (SSSR count). The summed E-state index contributed by atoms with van der Waals surface area (Å²) in [5.41, 5.74) is 2.21. The largest absolute Gasteiger partial charge is 0.448 e. The predicted molar refractivity (Wildman–Crippen MR) is 128 cm³/mol. The molecule has 1 atom stereocenters. The molecule has 0 aromatic heterocycles. The molecule has 3 aliphatic heterocycles. The lowest BCUT2D eigenvalue weighted by Crippen LogP contribution is -2.39. The van der Waals surface area contributed by atoms with Crippen LogP contribution < -0.4 is 10.2 Å². The number of carbonyl (C=O) groups is 2. The zero-order chi connectivity index (χ0) is 24.4. The summed E-state index contributed by atoms with van der Waals surface area (Å²) >= 11 is 0. The topological polar surface area (TPSA) is 108 Å². The Morgan fingerprint density at radius 3 is 2.63 bits per heavy atom. The second-order valence-electron chi connectivity index (χ2n) is 8.71. The summed E-state index contributed by atoms with van der Waals surface area (Å²) in [6, 6.07) is 12.8. The molecule has 2 aromatic rings. The third kappa shape index (κ3) is 4.84. The van der Waals surface area contributed by atoms with Crippen molar-refractivity contribution in [3.63, 3.8) is 0 Å². The van der Waals surface area contributed by atoms with E-state index in [-0.39, 0.29) is 18.0 Å².